The van der Waals surface area contributed by atoms with Crippen molar-refractivity contribution in [2.75, 3.05) is 0 Å². The van der Waals surface area contributed by atoms with Gasteiger partial charge in [0.1, 0.15) is 0 Å². The summed E-state index contributed by atoms with van der Waals surface area (Å²) in [7, 11) is 0. The zero-order valence-electron chi connectivity index (χ0n) is 6.09. The Bertz CT molecular complexity index is 243. The fraction of sp³-hybridized carbons (Fsp3) is 0.111. The zero-order chi connectivity index (χ0) is 7.40. The normalized spacial score (nSPS) is 10.5. The molecule has 0 aliphatic carbocycles. The second-order valence-corrected chi connectivity index (χ2v) is 2.19. The van der Waals surface area contributed by atoms with Crippen molar-refractivity contribution in [3.05, 3.63) is 42.3 Å². The lowest BCUT2D eigenvalue weighted by Gasteiger charge is -1.85. The Kier molecular flexibility index (Phi) is 2.11. The molecule has 1 heteroatoms. The number of allylic oxidation sites excluding steroid dienone is 2. The molecule has 0 saturated heterocycles. The summed E-state index contributed by atoms with van der Waals surface area (Å²) >= 11 is 0. The topological polar surface area (TPSA) is 15.8 Å². The Morgan fingerprint density at radius 3 is 2.80 bits per heavy atom. The highest BCUT2D eigenvalue weighted by molar-refractivity contribution is 5.53. The van der Waals surface area contributed by atoms with Gasteiger partial charge >= 0.3 is 0 Å². The number of aryl methyl sites for hydroxylation is 1. The summed E-state index contributed by atoms with van der Waals surface area (Å²) in [6.45, 7) is 5.66. The zero-order valence-corrected chi connectivity index (χ0v) is 6.09. The third kappa shape index (κ3) is 1.38. The Morgan fingerprint density at radius 2 is 2.30 bits per heavy atom. The number of aromatic amines is 1. The van der Waals surface area contributed by atoms with Gasteiger partial charge in [-0.2, -0.15) is 0 Å². The number of H-pyrrole nitrogens is 1. The van der Waals surface area contributed by atoms with Crippen molar-refractivity contribution in [1.82, 2.24) is 4.98 Å². The molecule has 1 heterocycles. The van der Waals surface area contributed by atoms with Gasteiger partial charge in [0.25, 0.3) is 0 Å². The van der Waals surface area contributed by atoms with Crippen LogP contribution in [-0.4, -0.2) is 4.98 Å². The van der Waals surface area contributed by atoms with Crippen LogP contribution in [-0.2, 0) is 0 Å². The molecule has 0 unspecified atom stereocenters. The summed E-state index contributed by atoms with van der Waals surface area (Å²) in [5, 5.41) is 0. The summed E-state index contributed by atoms with van der Waals surface area (Å²) < 4.78 is 0. The summed E-state index contributed by atoms with van der Waals surface area (Å²) in [6, 6.07) is 0. The highest BCUT2D eigenvalue weighted by Crippen LogP contribution is 2.07. The van der Waals surface area contributed by atoms with Gasteiger partial charge in [0.05, 0.1) is 0 Å². The van der Waals surface area contributed by atoms with Crippen molar-refractivity contribution in [3.8, 4) is 0 Å². The van der Waals surface area contributed by atoms with E-state index in [1.165, 1.54) is 11.1 Å². The molecule has 0 atom stereocenters. The minimum absolute atomic E-state index is 1.22. The van der Waals surface area contributed by atoms with Crippen LogP contribution in [0.25, 0.3) is 6.08 Å². The molecule has 1 aromatic heterocycles. The van der Waals surface area contributed by atoms with Crippen molar-refractivity contribution < 1.29 is 0 Å². The molecule has 0 aliphatic rings. The third-order valence-electron chi connectivity index (χ3n) is 1.41. The Labute approximate surface area is 61.1 Å². The molecule has 52 valence electrons. The number of hydrogen-bond donors (Lipinski definition) is 1. The van der Waals surface area contributed by atoms with Crippen LogP contribution in [0.4, 0.5) is 0 Å². The average Bonchev–Trinajstić information content (AvgIpc) is 2.31. The molecule has 10 heavy (non-hydrogen) atoms. The predicted octanol–water partition coefficient (Wildman–Crippen LogP) is 2.52. The molecule has 0 aromatic carbocycles. The van der Waals surface area contributed by atoms with E-state index in [-0.39, 0.29) is 0 Å². The van der Waals surface area contributed by atoms with Gasteiger partial charge in [0.2, 0.25) is 0 Å². The molecule has 0 fully saturated rings. The van der Waals surface area contributed by atoms with Crippen molar-refractivity contribution in [2.45, 2.75) is 6.92 Å². The standard InChI is InChI=1S/C9H11N/c1-3-4-5-9-7-10-6-8(9)2/h3-7,10H,1H2,2H3. The van der Waals surface area contributed by atoms with Gasteiger partial charge in [-0.1, -0.05) is 24.8 Å². The molecule has 0 amide bonds. The lowest BCUT2D eigenvalue weighted by atomic mass is 10.2. The minimum atomic E-state index is 1.22. The van der Waals surface area contributed by atoms with E-state index in [9.17, 15) is 0 Å². The highest BCUT2D eigenvalue weighted by atomic mass is 14.6. The summed E-state index contributed by atoms with van der Waals surface area (Å²) in [4.78, 5) is 3.02. The van der Waals surface area contributed by atoms with Crippen molar-refractivity contribution >= 4 is 6.08 Å². The largest absolute Gasteiger partial charge is 0.367 e. The first-order valence-corrected chi connectivity index (χ1v) is 3.27. The number of rotatable bonds is 2. The maximum absolute atomic E-state index is 3.59. The van der Waals surface area contributed by atoms with Crippen molar-refractivity contribution in [2.24, 2.45) is 0 Å². The molecule has 0 radical (unpaired) electrons. The molecule has 1 rings (SSSR count). The van der Waals surface area contributed by atoms with Gasteiger partial charge in [-0.05, 0) is 18.1 Å². The van der Waals surface area contributed by atoms with E-state index < -0.39 is 0 Å². The molecule has 1 aromatic rings. The number of hydrogen-bond acceptors (Lipinski definition) is 0. The molecule has 1 N–H and O–H groups in total. The second-order valence-electron chi connectivity index (χ2n) is 2.19. The van der Waals surface area contributed by atoms with E-state index in [0.717, 1.165) is 0 Å². The fourth-order valence-corrected chi connectivity index (χ4v) is 0.805. The van der Waals surface area contributed by atoms with Gasteiger partial charge in [0.15, 0.2) is 0 Å². The predicted molar refractivity (Wildman–Crippen MR) is 44.8 cm³/mol. The Balaban J connectivity index is 2.83. The SMILES string of the molecule is C=CC=Cc1c[nH]cc1C. The monoisotopic (exact) mass is 133 g/mol. The van der Waals surface area contributed by atoms with E-state index in [0.29, 0.717) is 0 Å². The first-order valence-electron chi connectivity index (χ1n) is 3.27. The lowest BCUT2D eigenvalue weighted by molar-refractivity contribution is 1.39. The van der Waals surface area contributed by atoms with E-state index in [2.05, 4.69) is 18.5 Å². The quantitative estimate of drug-likeness (QED) is 0.597. The van der Waals surface area contributed by atoms with Gasteiger partial charge in [-0.15, -0.1) is 0 Å². The third-order valence-corrected chi connectivity index (χ3v) is 1.41. The van der Waals surface area contributed by atoms with Crippen LogP contribution in [0.2, 0.25) is 0 Å². The van der Waals surface area contributed by atoms with Crippen LogP contribution in [0.3, 0.4) is 0 Å². The van der Waals surface area contributed by atoms with E-state index in [1.807, 2.05) is 24.5 Å². The van der Waals surface area contributed by atoms with Crippen LogP contribution < -0.4 is 0 Å². The second kappa shape index (κ2) is 3.06. The number of aromatic nitrogens is 1. The van der Waals surface area contributed by atoms with Gasteiger partial charge in [-0.25, -0.2) is 0 Å². The van der Waals surface area contributed by atoms with Crippen molar-refractivity contribution in [1.29, 1.82) is 0 Å². The molecule has 0 spiro atoms. The van der Waals surface area contributed by atoms with E-state index in [1.54, 1.807) is 6.08 Å². The Hall–Kier alpha value is -1.24. The maximum Gasteiger partial charge on any atom is 0.00808 e. The first kappa shape index (κ1) is 6.87. The van der Waals surface area contributed by atoms with Crippen LogP contribution in [0.1, 0.15) is 11.1 Å². The fourth-order valence-electron chi connectivity index (χ4n) is 0.805. The maximum atomic E-state index is 3.59. The molecule has 0 saturated carbocycles. The molecule has 1 nitrogen and oxygen atoms in total. The molecular formula is C9H11N. The van der Waals surface area contributed by atoms with E-state index >= 15 is 0 Å². The van der Waals surface area contributed by atoms with E-state index in [4.69, 9.17) is 0 Å². The summed E-state index contributed by atoms with van der Waals surface area (Å²) in [6.07, 6.45) is 9.67. The van der Waals surface area contributed by atoms with Crippen LogP contribution >= 0.6 is 0 Å². The van der Waals surface area contributed by atoms with Gasteiger partial charge < -0.3 is 4.98 Å². The average molecular weight is 133 g/mol. The van der Waals surface area contributed by atoms with Crippen LogP contribution in [0, 0.1) is 6.92 Å². The van der Waals surface area contributed by atoms with Crippen LogP contribution in [0.15, 0.2) is 31.1 Å². The van der Waals surface area contributed by atoms with Crippen LogP contribution in [0.5, 0.6) is 0 Å². The first-order chi connectivity index (χ1) is 4.84. The lowest BCUT2D eigenvalue weighted by Crippen LogP contribution is -1.66. The van der Waals surface area contributed by atoms with Crippen molar-refractivity contribution in [3.63, 3.8) is 0 Å². The summed E-state index contributed by atoms with van der Waals surface area (Å²) in [5.74, 6) is 0. The highest BCUT2D eigenvalue weighted by Gasteiger charge is 1.90. The summed E-state index contributed by atoms with van der Waals surface area (Å²) in [5.41, 5.74) is 2.48. The molecular weight excluding hydrogens is 122 g/mol. The van der Waals surface area contributed by atoms with Gasteiger partial charge in [0, 0.05) is 12.4 Å². The number of nitrogens with one attached hydrogen (secondary N) is 1. The minimum Gasteiger partial charge on any atom is -0.367 e. The Morgan fingerprint density at radius 1 is 1.50 bits per heavy atom. The molecule has 0 aliphatic heterocycles. The molecule has 0 bridgehead atoms. The van der Waals surface area contributed by atoms with Gasteiger partial charge in [-0.3, -0.25) is 0 Å². The smallest absolute Gasteiger partial charge is 0.00808 e.